The molecular formula is C22H17ClFN3O4. The summed E-state index contributed by atoms with van der Waals surface area (Å²) in [5, 5.41) is 2.92. The van der Waals surface area contributed by atoms with Crippen LogP contribution in [0.5, 0.6) is 11.5 Å². The number of aromatic nitrogens is 1. The van der Waals surface area contributed by atoms with E-state index in [4.69, 9.17) is 21.1 Å². The minimum absolute atomic E-state index is 0.0324. The van der Waals surface area contributed by atoms with Crippen molar-refractivity contribution in [3.63, 3.8) is 0 Å². The predicted molar refractivity (Wildman–Crippen MR) is 113 cm³/mol. The number of hydrogen-bond acceptors (Lipinski definition) is 5. The Hall–Kier alpha value is -3.65. The Bertz CT molecular complexity index is 1170. The van der Waals surface area contributed by atoms with Crippen molar-refractivity contribution in [3.05, 3.63) is 71.1 Å². The minimum atomic E-state index is -0.472. The van der Waals surface area contributed by atoms with E-state index in [1.807, 2.05) is 0 Å². The molecule has 7 nitrogen and oxygen atoms in total. The fraction of sp³-hybridized carbons (Fsp3) is 0.136. The topological polar surface area (TPSA) is 80.8 Å². The first-order chi connectivity index (χ1) is 14.9. The number of fused-ring (bicyclic) bond motifs is 1. The molecule has 3 aromatic rings. The van der Waals surface area contributed by atoms with Crippen molar-refractivity contribution < 1.29 is 23.5 Å². The first-order valence-corrected chi connectivity index (χ1v) is 9.68. The molecule has 1 N–H and O–H groups in total. The number of nitrogens with one attached hydrogen (secondary N) is 1. The molecule has 0 unspecified atom stereocenters. The monoisotopic (exact) mass is 441 g/mol. The van der Waals surface area contributed by atoms with Crippen LogP contribution in [0.4, 0.5) is 21.6 Å². The van der Waals surface area contributed by atoms with E-state index in [-0.39, 0.29) is 30.1 Å². The quantitative estimate of drug-likeness (QED) is 0.632. The molecule has 0 saturated heterocycles. The second kappa shape index (κ2) is 8.61. The maximum Gasteiger partial charge on any atom is 0.231 e. The molecule has 0 radical (unpaired) electrons. The number of ether oxygens (including phenoxy) is 2. The average molecular weight is 442 g/mol. The third-order valence-corrected chi connectivity index (χ3v) is 4.91. The molecule has 0 atom stereocenters. The van der Waals surface area contributed by atoms with Gasteiger partial charge in [-0.2, -0.15) is 0 Å². The smallest absolute Gasteiger partial charge is 0.231 e. The van der Waals surface area contributed by atoms with Crippen molar-refractivity contribution in [2.24, 2.45) is 0 Å². The van der Waals surface area contributed by atoms with Crippen LogP contribution in [0.2, 0.25) is 5.02 Å². The van der Waals surface area contributed by atoms with E-state index in [2.05, 4.69) is 10.3 Å². The lowest BCUT2D eigenvalue weighted by Gasteiger charge is -2.21. The van der Waals surface area contributed by atoms with Crippen LogP contribution in [0, 0.1) is 5.82 Å². The van der Waals surface area contributed by atoms with Crippen LogP contribution < -0.4 is 19.7 Å². The van der Waals surface area contributed by atoms with Crippen LogP contribution in [0.15, 0.2) is 54.7 Å². The Kier molecular flexibility index (Phi) is 5.73. The molecule has 2 amide bonds. The van der Waals surface area contributed by atoms with E-state index in [1.165, 1.54) is 30.2 Å². The summed E-state index contributed by atoms with van der Waals surface area (Å²) >= 11 is 5.99. The van der Waals surface area contributed by atoms with Crippen LogP contribution in [0.3, 0.4) is 0 Å². The summed E-state index contributed by atoms with van der Waals surface area (Å²) in [6.07, 6.45) is 1.45. The molecule has 0 fully saturated rings. The number of benzene rings is 2. The number of amides is 2. The zero-order chi connectivity index (χ0) is 22.0. The second-order valence-corrected chi connectivity index (χ2v) is 7.16. The van der Waals surface area contributed by atoms with Crippen molar-refractivity contribution >= 4 is 40.6 Å². The normalized spacial score (nSPS) is 11.8. The van der Waals surface area contributed by atoms with Crippen molar-refractivity contribution in [1.29, 1.82) is 0 Å². The Balaban J connectivity index is 1.54. The number of pyridine rings is 1. The molecule has 2 heterocycles. The summed E-state index contributed by atoms with van der Waals surface area (Å²) < 4.78 is 23.9. The highest BCUT2D eigenvalue weighted by atomic mass is 35.5. The van der Waals surface area contributed by atoms with Crippen LogP contribution >= 0.6 is 11.6 Å². The molecule has 31 heavy (non-hydrogen) atoms. The lowest BCUT2D eigenvalue weighted by Crippen LogP contribution is -2.24. The van der Waals surface area contributed by atoms with Gasteiger partial charge >= 0.3 is 0 Å². The van der Waals surface area contributed by atoms with E-state index in [0.717, 1.165) is 6.07 Å². The van der Waals surface area contributed by atoms with Crippen molar-refractivity contribution in [3.8, 4) is 11.5 Å². The summed E-state index contributed by atoms with van der Waals surface area (Å²) in [6, 6.07) is 12.2. The van der Waals surface area contributed by atoms with E-state index >= 15 is 0 Å². The summed E-state index contributed by atoms with van der Waals surface area (Å²) in [4.78, 5) is 30.5. The number of anilines is 3. The van der Waals surface area contributed by atoms with Gasteiger partial charge in [0, 0.05) is 36.0 Å². The Morgan fingerprint density at radius 1 is 1.13 bits per heavy atom. The van der Waals surface area contributed by atoms with E-state index in [1.54, 1.807) is 30.3 Å². The van der Waals surface area contributed by atoms with Gasteiger partial charge in [0.25, 0.3) is 0 Å². The van der Waals surface area contributed by atoms with Gasteiger partial charge in [-0.15, -0.1) is 0 Å². The van der Waals surface area contributed by atoms with E-state index in [9.17, 15) is 14.0 Å². The molecule has 4 rings (SSSR count). The number of carbonyl (C=O) groups excluding carboxylic acids is 2. The summed E-state index contributed by atoms with van der Waals surface area (Å²) in [6.45, 7) is 1.53. The molecule has 1 aliphatic rings. The lowest BCUT2D eigenvalue weighted by atomic mass is 10.1. The number of halogens is 2. The largest absolute Gasteiger partial charge is 0.454 e. The van der Waals surface area contributed by atoms with E-state index < -0.39 is 5.82 Å². The molecule has 0 saturated carbocycles. The Morgan fingerprint density at radius 3 is 2.71 bits per heavy atom. The van der Waals surface area contributed by atoms with Gasteiger partial charge in [-0.25, -0.2) is 9.37 Å². The minimum Gasteiger partial charge on any atom is -0.454 e. The molecule has 0 spiro atoms. The maximum absolute atomic E-state index is 13.2. The van der Waals surface area contributed by atoms with Gasteiger partial charge in [-0.05, 0) is 35.9 Å². The zero-order valence-corrected chi connectivity index (χ0v) is 17.1. The number of carbonyl (C=O) groups is 2. The molecule has 0 bridgehead atoms. The van der Waals surface area contributed by atoms with Gasteiger partial charge in [0.05, 0.1) is 12.1 Å². The fourth-order valence-corrected chi connectivity index (χ4v) is 3.40. The summed E-state index contributed by atoms with van der Waals surface area (Å²) in [5.41, 5.74) is 1.49. The SMILES string of the molecule is CC(=O)N(c1ccc2c(c1)OCO2)c1cc(NC(=O)Cc2ccc(F)cc2Cl)ccn1. The van der Waals surface area contributed by atoms with Crippen LogP contribution in [0.1, 0.15) is 12.5 Å². The zero-order valence-electron chi connectivity index (χ0n) is 16.4. The summed E-state index contributed by atoms with van der Waals surface area (Å²) in [5.74, 6) is 0.367. The van der Waals surface area contributed by atoms with Gasteiger partial charge in [-0.1, -0.05) is 17.7 Å². The predicted octanol–water partition coefficient (Wildman–Crippen LogP) is 4.47. The van der Waals surface area contributed by atoms with Crippen LogP contribution in [-0.4, -0.2) is 23.6 Å². The Morgan fingerprint density at radius 2 is 1.94 bits per heavy atom. The van der Waals surface area contributed by atoms with Gasteiger partial charge in [0.15, 0.2) is 11.5 Å². The highest BCUT2D eigenvalue weighted by Gasteiger charge is 2.21. The second-order valence-electron chi connectivity index (χ2n) is 6.76. The van der Waals surface area contributed by atoms with Gasteiger partial charge in [0.1, 0.15) is 11.6 Å². The standard InChI is InChI=1S/C22H17ClFN3O4/c1-13(28)27(17-4-5-19-20(11-17)31-12-30-19)21-10-16(6-7-25-21)26-22(29)8-14-2-3-15(24)9-18(14)23/h2-7,9-11H,8,12H2,1H3,(H,25,26,29). The molecule has 0 aliphatic carbocycles. The molecule has 9 heteroatoms. The van der Waals surface area contributed by atoms with Gasteiger partial charge < -0.3 is 14.8 Å². The van der Waals surface area contributed by atoms with Crippen molar-refractivity contribution in [2.45, 2.75) is 13.3 Å². The third-order valence-electron chi connectivity index (χ3n) is 4.55. The van der Waals surface area contributed by atoms with Crippen LogP contribution in [0.25, 0.3) is 0 Å². The summed E-state index contributed by atoms with van der Waals surface area (Å²) in [7, 11) is 0. The molecular weight excluding hydrogens is 425 g/mol. The van der Waals surface area contributed by atoms with Crippen molar-refractivity contribution in [1.82, 2.24) is 4.98 Å². The number of nitrogens with zero attached hydrogens (tertiary/aromatic N) is 2. The van der Waals surface area contributed by atoms with Crippen molar-refractivity contribution in [2.75, 3.05) is 17.0 Å². The molecule has 1 aromatic heterocycles. The van der Waals surface area contributed by atoms with Gasteiger partial charge in [0.2, 0.25) is 18.6 Å². The first kappa shape index (κ1) is 20.6. The van der Waals surface area contributed by atoms with E-state index in [0.29, 0.717) is 34.3 Å². The van der Waals surface area contributed by atoms with Gasteiger partial charge in [-0.3, -0.25) is 14.5 Å². The lowest BCUT2D eigenvalue weighted by molar-refractivity contribution is -0.116. The molecule has 1 aliphatic heterocycles. The number of hydrogen-bond donors (Lipinski definition) is 1. The first-order valence-electron chi connectivity index (χ1n) is 9.31. The third kappa shape index (κ3) is 4.59. The fourth-order valence-electron chi connectivity index (χ4n) is 3.16. The Labute approximate surface area is 182 Å². The highest BCUT2D eigenvalue weighted by molar-refractivity contribution is 6.31. The maximum atomic E-state index is 13.2. The van der Waals surface area contributed by atoms with Crippen LogP contribution in [-0.2, 0) is 16.0 Å². The highest BCUT2D eigenvalue weighted by Crippen LogP contribution is 2.37. The average Bonchev–Trinajstić information content (AvgIpc) is 3.18. The molecule has 158 valence electrons. The number of rotatable bonds is 5. The molecule has 2 aromatic carbocycles.